The van der Waals surface area contributed by atoms with E-state index in [4.69, 9.17) is 36.5 Å². The molecule has 0 atom stereocenters. The summed E-state index contributed by atoms with van der Waals surface area (Å²) in [5, 5.41) is 0.621. The molecule has 59 heavy (non-hydrogen) atoms. The van der Waals surface area contributed by atoms with Gasteiger partial charge in [0.25, 0.3) is 0 Å². The third kappa shape index (κ3) is 6.51. The van der Waals surface area contributed by atoms with Crippen molar-refractivity contribution in [2.75, 3.05) is 0 Å². The van der Waals surface area contributed by atoms with E-state index in [2.05, 4.69) is 120 Å². The van der Waals surface area contributed by atoms with Crippen LogP contribution in [0.25, 0.3) is 101 Å². The van der Waals surface area contributed by atoms with Crippen LogP contribution in [0, 0.1) is 0 Å². The van der Waals surface area contributed by atoms with E-state index in [0.717, 1.165) is 106 Å². The Morgan fingerprint density at radius 1 is 0.441 bits per heavy atom. The number of hydrogen-bond acceptors (Lipinski definition) is 3. The molecule has 0 saturated carbocycles. The van der Waals surface area contributed by atoms with Gasteiger partial charge in [0, 0.05) is 10.6 Å². The summed E-state index contributed by atoms with van der Waals surface area (Å²) in [5.41, 5.74) is 16.5. The maximum Gasteiger partial charge on any atom is 2.00 e. The van der Waals surface area contributed by atoms with Gasteiger partial charge >= 0.3 is 16.5 Å². The van der Waals surface area contributed by atoms with Gasteiger partial charge in [-0.3, -0.25) is 0 Å². The van der Waals surface area contributed by atoms with Crippen molar-refractivity contribution in [1.82, 2.24) is 29.9 Å². The van der Waals surface area contributed by atoms with Crippen LogP contribution in [-0.2, 0) is 16.5 Å². The van der Waals surface area contributed by atoms with Crippen LogP contribution in [0.5, 0.6) is 0 Å². The fourth-order valence-corrected chi connectivity index (χ4v) is 8.22. The van der Waals surface area contributed by atoms with Crippen LogP contribution in [0.3, 0.4) is 0 Å². The second-order valence-electron chi connectivity index (χ2n) is 14.3. The van der Waals surface area contributed by atoms with Crippen molar-refractivity contribution >= 4 is 68.5 Å². The number of nitrogens with one attached hydrogen (secondary N) is 1. The number of benzene rings is 5. The molecule has 0 spiro atoms. The topological polar surface area (TPSA) is 82.7 Å². The largest absolute Gasteiger partial charge is 2.00 e. The molecule has 6 nitrogen and oxygen atoms in total. The average Bonchev–Trinajstić information content (AvgIpc) is 4.13. The van der Waals surface area contributed by atoms with E-state index in [-0.39, 0.29) is 16.5 Å². The van der Waals surface area contributed by atoms with Crippen molar-refractivity contribution in [3.63, 3.8) is 0 Å². The summed E-state index contributed by atoms with van der Waals surface area (Å²) < 4.78 is 0. The summed E-state index contributed by atoms with van der Waals surface area (Å²) in [7, 11) is 0. The summed E-state index contributed by atoms with van der Waals surface area (Å²) in [6, 6.07) is 55.5. The van der Waals surface area contributed by atoms with Crippen LogP contribution in [0.2, 0.25) is 5.02 Å². The maximum absolute atomic E-state index is 6.47. The number of halogens is 1. The van der Waals surface area contributed by atoms with Crippen molar-refractivity contribution < 1.29 is 16.5 Å². The van der Waals surface area contributed by atoms with Gasteiger partial charge in [0.2, 0.25) is 0 Å². The van der Waals surface area contributed by atoms with Crippen molar-refractivity contribution in [2.45, 2.75) is 0 Å². The normalized spacial score (nSPS) is 12.1. The zero-order valence-electron chi connectivity index (χ0n) is 31.3. The number of hydrogen-bond donors (Lipinski definition) is 1. The van der Waals surface area contributed by atoms with Crippen LogP contribution in [0.15, 0.2) is 164 Å². The molecule has 11 rings (SSSR count). The molecular formula is C51H31ClN6Ni. The number of rotatable bonds is 5. The van der Waals surface area contributed by atoms with Crippen molar-refractivity contribution in [2.24, 2.45) is 0 Å². The molecule has 0 saturated heterocycles. The van der Waals surface area contributed by atoms with Gasteiger partial charge in [0.15, 0.2) is 0 Å². The molecule has 0 aliphatic carbocycles. The van der Waals surface area contributed by atoms with Crippen LogP contribution in [0.4, 0.5) is 0 Å². The van der Waals surface area contributed by atoms with E-state index >= 15 is 0 Å². The van der Waals surface area contributed by atoms with Gasteiger partial charge in [-0.05, 0) is 80.9 Å². The molecule has 4 aromatic heterocycles. The van der Waals surface area contributed by atoms with Gasteiger partial charge in [-0.1, -0.05) is 157 Å². The Balaban J connectivity index is 0.00000420. The maximum atomic E-state index is 6.47. The molecule has 2 aliphatic rings. The Morgan fingerprint density at radius 3 is 1.37 bits per heavy atom. The monoisotopic (exact) mass is 820 g/mol. The van der Waals surface area contributed by atoms with E-state index < -0.39 is 0 Å². The first kappa shape index (κ1) is 36.3. The van der Waals surface area contributed by atoms with Gasteiger partial charge in [0.05, 0.1) is 33.8 Å². The van der Waals surface area contributed by atoms with Gasteiger partial charge in [-0.2, -0.15) is 0 Å². The Morgan fingerprint density at radius 2 is 0.881 bits per heavy atom. The van der Waals surface area contributed by atoms with E-state index in [0.29, 0.717) is 10.8 Å². The quantitative estimate of drug-likeness (QED) is 0.175. The predicted molar refractivity (Wildman–Crippen MR) is 238 cm³/mol. The van der Waals surface area contributed by atoms with E-state index in [9.17, 15) is 0 Å². The fourth-order valence-electron chi connectivity index (χ4n) is 8.05. The molecule has 282 valence electrons. The van der Waals surface area contributed by atoms with Gasteiger partial charge in [-0.25, -0.2) is 15.0 Å². The summed E-state index contributed by atoms with van der Waals surface area (Å²) in [4.78, 5) is 30.5. The first-order valence-electron chi connectivity index (χ1n) is 19.1. The van der Waals surface area contributed by atoms with E-state index in [1.54, 1.807) is 0 Å². The van der Waals surface area contributed by atoms with E-state index in [1.165, 1.54) is 0 Å². The van der Waals surface area contributed by atoms with Gasteiger partial charge < -0.3 is 15.0 Å². The fraction of sp³-hybridized carbons (Fsp3) is 0. The molecule has 5 aromatic carbocycles. The van der Waals surface area contributed by atoms with Crippen LogP contribution >= 0.6 is 11.6 Å². The number of nitrogens with zero attached hydrogens (tertiary/aromatic N) is 5. The minimum atomic E-state index is 0. The van der Waals surface area contributed by atoms with Crippen molar-refractivity contribution in [1.29, 1.82) is 0 Å². The van der Waals surface area contributed by atoms with Gasteiger partial charge in [0.1, 0.15) is 5.82 Å². The van der Waals surface area contributed by atoms with Crippen LogP contribution in [0.1, 0.15) is 28.6 Å². The smallest absolute Gasteiger partial charge is 0.657 e. The molecule has 0 unspecified atom stereocenters. The van der Waals surface area contributed by atoms with Crippen molar-refractivity contribution in [3.8, 4) is 44.5 Å². The third-order valence-electron chi connectivity index (χ3n) is 10.7. The Labute approximate surface area is 355 Å². The van der Waals surface area contributed by atoms with Crippen LogP contribution in [-0.4, -0.2) is 19.9 Å². The Hall–Kier alpha value is -7.05. The number of aromatic nitrogens is 6. The summed E-state index contributed by atoms with van der Waals surface area (Å²) in [6.45, 7) is 0. The molecule has 8 heteroatoms. The predicted octanol–water partition coefficient (Wildman–Crippen LogP) is 12.5. The molecule has 0 amide bonds. The number of aromatic amines is 1. The standard InChI is InChI=1S/C51H31ClN6.Ni/c52-35-21-22-37-44(29-35)58-51(57-37)36-30-45-48(33-17-9-3-10-18-33)42-26-25-40(54-42)46(31-13-5-1-6-14-31)38-23-24-39(53-38)47(32-15-7-2-8-16-32)41-27-28-43(55-41)49(50(36)56-45)34-19-11-4-12-20-34;/h1-30H,(H,57,58);/q-2;+2. The number of H-pyrrole nitrogens is 1. The number of fused-ring (bicyclic) bond motifs is 9. The first-order valence-corrected chi connectivity index (χ1v) is 19.5. The van der Waals surface area contributed by atoms with E-state index in [1.807, 2.05) is 66.7 Å². The summed E-state index contributed by atoms with van der Waals surface area (Å²) >= 11 is 6.47. The molecule has 0 fully saturated rings. The Bertz CT molecular complexity index is 3270. The van der Waals surface area contributed by atoms with Crippen LogP contribution < -0.4 is 9.97 Å². The average molecular weight is 822 g/mol. The Kier molecular flexibility index (Phi) is 9.25. The zero-order valence-corrected chi connectivity index (χ0v) is 33.0. The molecular weight excluding hydrogens is 791 g/mol. The summed E-state index contributed by atoms with van der Waals surface area (Å²) in [6.07, 6.45) is 6.32. The molecule has 2 aliphatic heterocycles. The number of imidazole rings is 1. The molecule has 0 radical (unpaired) electrons. The molecule has 9 aromatic rings. The first-order chi connectivity index (χ1) is 28.6. The third-order valence-corrected chi connectivity index (χ3v) is 10.9. The van der Waals surface area contributed by atoms with Crippen molar-refractivity contribution in [3.05, 3.63) is 197 Å². The summed E-state index contributed by atoms with van der Waals surface area (Å²) in [5.74, 6) is 0.678. The zero-order chi connectivity index (χ0) is 38.6. The second-order valence-corrected chi connectivity index (χ2v) is 14.7. The SMILES string of the molecule is Clc1ccc2[nH]c(C3=Cc4nc3c(-c3ccccc3)c3ccc([n-]3)c(-c3ccccc3)c3nc(c(-c5ccccc5)c5ccc([n-]5)c4-c4ccccc4)C=C3)nc2c1.[Ni+2]. The molecule has 6 heterocycles. The minimum absolute atomic E-state index is 0. The minimum Gasteiger partial charge on any atom is -0.657 e. The second kappa shape index (κ2) is 15.0. The molecule has 8 bridgehead atoms. The molecule has 1 N–H and O–H groups in total. The van der Waals surface area contributed by atoms with Gasteiger partial charge in [-0.15, -0.1) is 22.1 Å².